The van der Waals surface area contributed by atoms with Crippen LogP contribution in [0, 0.1) is 6.92 Å². The summed E-state index contributed by atoms with van der Waals surface area (Å²) in [6, 6.07) is 5.42. The first kappa shape index (κ1) is 15.9. The summed E-state index contributed by atoms with van der Waals surface area (Å²) < 4.78 is 5.61. The van der Waals surface area contributed by atoms with E-state index in [9.17, 15) is 9.59 Å². The van der Waals surface area contributed by atoms with Crippen molar-refractivity contribution in [2.75, 3.05) is 19.6 Å². The molecule has 1 aliphatic rings. The van der Waals surface area contributed by atoms with Crippen molar-refractivity contribution in [1.82, 2.24) is 10.2 Å². The van der Waals surface area contributed by atoms with E-state index >= 15 is 0 Å². The number of furan rings is 1. The highest BCUT2D eigenvalue weighted by molar-refractivity contribution is 6.35. The van der Waals surface area contributed by atoms with Crippen LogP contribution in [0.25, 0.3) is 11.0 Å². The van der Waals surface area contributed by atoms with Crippen molar-refractivity contribution < 1.29 is 14.0 Å². The molecule has 2 heterocycles. The average Bonchev–Trinajstić information content (AvgIpc) is 3.17. The van der Waals surface area contributed by atoms with Gasteiger partial charge in [-0.1, -0.05) is 23.7 Å². The molecule has 0 bridgehead atoms. The van der Waals surface area contributed by atoms with E-state index in [1.807, 2.05) is 24.0 Å². The molecule has 0 unspecified atom stereocenters. The molecule has 1 aromatic heterocycles. The summed E-state index contributed by atoms with van der Waals surface area (Å²) in [5, 5.41) is 4.06. The van der Waals surface area contributed by atoms with Crippen molar-refractivity contribution in [3.05, 3.63) is 34.5 Å². The summed E-state index contributed by atoms with van der Waals surface area (Å²) in [7, 11) is 0. The monoisotopic (exact) mass is 334 g/mol. The average molecular weight is 335 g/mol. The number of hydrogen-bond acceptors (Lipinski definition) is 3. The van der Waals surface area contributed by atoms with Crippen LogP contribution in [-0.2, 0) is 4.79 Å². The molecule has 0 atom stereocenters. The Hall–Kier alpha value is -2.01. The number of likely N-dealkylation sites (tertiary alicyclic amines) is 1. The van der Waals surface area contributed by atoms with Crippen molar-refractivity contribution >= 4 is 34.4 Å². The molecule has 1 fully saturated rings. The number of benzene rings is 1. The van der Waals surface area contributed by atoms with Crippen molar-refractivity contribution in [3.8, 4) is 0 Å². The van der Waals surface area contributed by atoms with Crippen LogP contribution in [0.2, 0.25) is 5.02 Å². The van der Waals surface area contributed by atoms with Gasteiger partial charge in [-0.05, 0) is 25.8 Å². The first-order valence-corrected chi connectivity index (χ1v) is 8.19. The highest BCUT2D eigenvalue weighted by Gasteiger charge is 2.20. The molecule has 2 aromatic rings. The zero-order chi connectivity index (χ0) is 16.4. The van der Waals surface area contributed by atoms with Crippen LogP contribution >= 0.6 is 11.6 Å². The second-order valence-corrected chi connectivity index (χ2v) is 6.17. The van der Waals surface area contributed by atoms with Gasteiger partial charge in [0.1, 0.15) is 0 Å². The largest absolute Gasteiger partial charge is 0.449 e. The van der Waals surface area contributed by atoms with Gasteiger partial charge in [-0.25, -0.2) is 0 Å². The number of carbonyl (C=O) groups is 2. The molecule has 6 heteroatoms. The molecule has 1 N–H and O–H groups in total. The van der Waals surface area contributed by atoms with Gasteiger partial charge >= 0.3 is 0 Å². The Labute approximate surface area is 139 Å². The van der Waals surface area contributed by atoms with Gasteiger partial charge in [0.2, 0.25) is 5.91 Å². The molecule has 0 radical (unpaired) electrons. The van der Waals surface area contributed by atoms with Crippen molar-refractivity contribution in [2.45, 2.75) is 26.2 Å². The molecular weight excluding hydrogens is 316 g/mol. The molecule has 2 amide bonds. The molecule has 1 aromatic carbocycles. The molecule has 1 aliphatic heterocycles. The van der Waals surface area contributed by atoms with Gasteiger partial charge in [-0.2, -0.15) is 0 Å². The fourth-order valence-electron chi connectivity index (χ4n) is 2.91. The fourth-order valence-corrected chi connectivity index (χ4v) is 3.13. The van der Waals surface area contributed by atoms with Crippen LogP contribution in [0.15, 0.2) is 22.6 Å². The lowest BCUT2D eigenvalue weighted by Crippen LogP contribution is -2.32. The number of fused-ring (bicyclic) bond motifs is 1. The summed E-state index contributed by atoms with van der Waals surface area (Å²) in [5.41, 5.74) is 1.27. The third-order valence-electron chi connectivity index (χ3n) is 4.21. The maximum Gasteiger partial charge on any atom is 0.287 e. The Morgan fingerprint density at radius 2 is 2.04 bits per heavy atom. The Morgan fingerprint density at radius 1 is 1.30 bits per heavy atom. The SMILES string of the molecule is Cc1c(C(=O)NCCC(=O)N2CCCC2)oc2c(Cl)cccc12. The summed E-state index contributed by atoms with van der Waals surface area (Å²) in [5.74, 6) is 0.0258. The Kier molecular flexibility index (Phi) is 4.57. The topological polar surface area (TPSA) is 62.6 Å². The van der Waals surface area contributed by atoms with Gasteiger partial charge in [0, 0.05) is 37.0 Å². The highest BCUT2D eigenvalue weighted by atomic mass is 35.5. The number of carbonyl (C=O) groups excluding carboxylic acids is 2. The lowest BCUT2D eigenvalue weighted by molar-refractivity contribution is -0.129. The number of rotatable bonds is 4. The van der Waals surface area contributed by atoms with Crippen LogP contribution in [-0.4, -0.2) is 36.3 Å². The van der Waals surface area contributed by atoms with E-state index in [1.54, 1.807) is 6.07 Å². The van der Waals surface area contributed by atoms with E-state index in [-0.39, 0.29) is 17.6 Å². The van der Waals surface area contributed by atoms with Crippen molar-refractivity contribution in [3.63, 3.8) is 0 Å². The third kappa shape index (κ3) is 3.20. The predicted octanol–water partition coefficient (Wildman–Crippen LogP) is 3.14. The summed E-state index contributed by atoms with van der Waals surface area (Å²) in [6.45, 7) is 3.78. The molecule has 122 valence electrons. The maximum absolute atomic E-state index is 12.3. The number of aryl methyl sites for hydroxylation is 1. The van der Waals surface area contributed by atoms with Crippen LogP contribution in [0.4, 0.5) is 0 Å². The Bertz CT molecular complexity index is 748. The summed E-state index contributed by atoms with van der Waals surface area (Å²) in [6.07, 6.45) is 2.44. The molecular formula is C17H19ClN2O3. The number of nitrogens with zero attached hydrogens (tertiary/aromatic N) is 1. The number of hydrogen-bond donors (Lipinski definition) is 1. The number of amides is 2. The van der Waals surface area contributed by atoms with Gasteiger partial charge in [0.15, 0.2) is 11.3 Å². The van der Waals surface area contributed by atoms with Gasteiger partial charge in [0.25, 0.3) is 5.91 Å². The normalized spacial score (nSPS) is 14.4. The lowest BCUT2D eigenvalue weighted by atomic mass is 10.1. The van der Waals surface area contributed by atoms with Crippen LogP contribution in [0.3, 0.4) is 0 Å². The maximum atomic E-state index is 12.3. The first-order chi connectivity index (χ1) is 11.1. The van der Waals surface area contributed by atoms with E-state index in [2.05, 4.69) is 5.32 Å². The van der Waals surface area contributed by atoms with Crippen LogP contribution in [0.5, 0.6) is 0 Å². The second-order valence-electron chi connectivity index (χ2n) is 5.77. The molecule has 23 heavy (non-hydrogen) atoms. The van der Waals surface area contributed by atoms with Crippen molar-refractivity contribution in [2.24, 2.45) is 0 Å². The lowest BCUT2D eigenvalue weighted by Gasteiger charge is -2.14. The second kappa shape index (κ2) is 6.62. The summed E-state index contributed by atoms with van der Waals surface area (Å²) >= 11 is 6.09. The van der Waals surface area contributed by atoms with Gasteiger partial charge in [0.05, 0.1) is 5.02 Å². The van der Waals surface area contributed by atoms with Crippen LogP contribution < -0.4 is 5.32 Å². The number of halogens is 1. The number of para-hydroxylation sites is 1. The van der Waals surface area contributed by atoms with E-state index in [4.69, 9.17) is 16.0 Å². The molecule has 0 saturated carbocycles. The highest BCUT2D eigenvalue weighted by Crippen LogP contribution is 2.30. The molecule has 0 spiro atoms. The zero-order valence-corrected chi connectivity index (χ0v) is 13.8. The minimum absolute atomic E-state index is 0.0900. The molecule has 1 saturated heterocycles. The Morgan fingerprint density at radius 3 is 2.74 bits per heavy atom. The third-order valence-corrected chi connectivity index (χ3v) is 4.50. The Balaban J connectivity index is 1.63. The van der Waals surface area contributed by atoms with E-state index < -0.39 is 0 Å². The van der Waals surface area contributed by atoms with E-state index in [1.165, 1.54) is 0 Å². The smallest absolute Gasteiger partial charge is 0.287 e. The van der Waals surface area contributed by atoms with E-state index in [0.29, 0.717) is 23.6 Å². The molecule has 5 nitrogen and oxygen atoms in total. The summed E-state index contributed by atoms with van der Waals surface area (Å²) in [4.78, 5) is 26.1. The van der Waals surface area contributed by atoms with Crippen molar-refractivity contribution in [1.29, 1.82) is 0 Å². The van der Waals surface area contributed by atoms with Gasteiger partial charge < -0.3 is 14.6 Å². The van der Waals surface area contributed by atoms with Gasteiger partial charge in [-0.3, -0.25) is 9.59 Å². The number of nitrogens with one attached hydrogen (secondary N) is 1. The van der Waals surface area contributed by atoms with Crippen LogP contribution in [0.1, 0.15) is 35.4 Å². The predicted molar refractivity (Wildman–Crippen MR) is 88.7 cm³/mol. The zero-order valence-electron chi connectivity index (χ0n) is 13.0. The molecule has 3 rings (SSSR count). The minimum Gasteiger partial charge on any atom is -0.449 e. The fraction of sp³-hybridized carbons (Fsp3) is 0.412. The minimum atomic E-state index is -0.316. The quantitative estimate of drug-likeness (QED) is 0.934. The van der Waals surface area contributed by atoms with Gasteiger partial charge in [-0.15, -0.1) is 0 Å². The van der Waals surface area contributed by atoms with E-state index in [0.717, 1.165) is 36.9 Å². The first-order valence-electron chi connectivity index (χ1n) is 7.81. The standard InChI is InChI=1S/C17H19ClN2O3/c1-11-12-5-4-6-13(18)16(12)23-15(11)17(22)19-8-7-14(21)20-9-2-3-10-20/h4-6H,2-3,7-10H2,1H3,(H,19,22). The molecule has 0 aliphatic carbocycles.